The van der Waals surface area contributed by atoms with E-state index in [2.05, 4.69) is 20.3 Å². The molecule has 4 aromatic rings. The first-order chi connectivity index (χ1) is 17.7. The third-order valence-electron chi connectivity index (χ3n) is 6.79. The summed E-state index contributed by atoms with van der Waals surface area (Å²) in [5, 5.41) is 16.9. The SMILES string of the molecule is Cc1cc(C(C)Nc2ccccc2C(=O)O)c2nc(N3CCN(c4cc(C)no4)CC3)c(C)c(=O)n2c1. The Kier molecular flexibility index (Phi) is 6.32. The highest BCUT2D eigenvalue weighted by Gasteiger charge is 2.25. The molecular weight excluding hydrogens is 472 g/mol. The van der Waals surface area contributed by atoms with Crippen molar-refractivity contribution < 1.29 is 14.4 Å². The van der Waals surface area contributed by atoms with Crippen LogP contribution in [-0.4, -0.2) is 51.8 Å². The summed E-state index contributed by atoms with van der Waals surface area (Å²) in [6.07, 6.45) is 1.80. The van der Waals surface area contributed by atoms with Crippen LogP contribution in [0.15, 0.2) is 51.9 Å². The van der Waals surface area contributed by atoms with Crippen LogP contribution < -0.4 is 20.7 Å². The monoisotopic (exact) mass is 502 g/mol. The van der Waals surface area contributed by atoms with Crippen molar-refractivity contribution in [1.29, 1.82) is 0 Å². The molecule has 0 spiro atoms. The molecule has 1 atom stereocenters. The number of pyridine rings is 1. The quantitative estimate of drug-likeness (QED) is 0.406. The molecule has 0 bridgehead atoms. The molecule has 1 aliphatic heterocycles. The Morgan fingerprint density at radius 2 is 1.78 bits per heavy atom. The van der Waals surface area contributed by atoms with Gasteiger partial charge >= 0.3 is 5.97 Å². The van der Waals surface area contributed by atoms with Gasteiger partial charge in [-0.05, 0) is 51.5 Å². The molecular formula is C27H30N6O4. The Morgan fingerprint density at radius 3 is 2.46 bits per heavy atom. The fourth-order valence-electron chi connectivity index (χ4n) is 4.86. The number of nitrogens with zero attached hydrogens (tertiary/aromatic N) is 5. The number of aryl methyl sites for hydroxylation is 2. The maximum absolute atomic E-state index is 13.5. The number of anilines is 3. The van der Waals surface area contributed by atoms with Crippen LogP contribution in [-0.2, 0) is 0 Å². The van der Waals surface area contributed by atoms with E-state index in [1.54, 1.807) is 34.9 Å². The smallest absolute Gasteiger partial charge is 0.337 e. The van der Waals surface area contributed by atoms with E-state index in [1.165, 1.54) is 0 Å². The summed E-state index contributed by atoms with van der Waals surface area (Å²) in [7, 11) is 0. The normalized spacial score (nSPS) is 14.7. The van der Waals surface area contributed by atoms with E-state index >= 15 is 0 Å². The lowest BCUT2D eigenvalue weighted by Gasteiger charge is -2.35. The van der Waals surface area contributed by atoms with Gasteiger partial charge in [-0.1, -0.05) is 17.3 Å². The van der Waals surface area contributed by atoms with Gasteiger partial charge < -0.3 is 24.7 Å². The highest BCUT2D eigenvalue weighted by atomic mass is 16.5. The van der Waals surface area contributed by atoms with E-state index in [4.69, 9.17) is 9.51 Å². The Hall–Kier alpha value is -4.34. The number of aromatic carboxylic acids is 1. The fraction of sp³-hybridized carbons (Fsp3) is 0.333. The number of hydrogen-bond acceptors (Lipinski definition) is 8. The molecule has 2 N–H and O–H groups in total. The molecule has 37 heavy (non-hydrogen) atoms. The van der Waals surface area contributed by atoms with E-state index in [0.29, 0.717) is 35.8 Å². The van der Waals surface area contributed by atoms with Gasteiger partial charge in [0.25, 0.3) is 5.56 Å². The lowest BCUT2D eigenvalue weighted by molar-refractivity contribution is 0.0698. The number of rotatable bonds is 6. The number of carbonyl (C=O) groups is 1. The first kappa shape index (κ1) is 24.4. The molecule has 10 nitrogen and oxygen atoms in total. The zero-order chi connectivity index (χ0) is 26.3. The summed E-state index contributed by atoms with van der Waals surface area (Å²) in [5.74, 6) is 0.414. The molecule has 1 aromatic carbocycles. The number of aromatic nitrogens is 3. The predicted molar refractivity (Wildman–Crippen MR) is 142 cm³/mol. The third kappa shape index (κ3) is 4.62. The van der Waals surface area contributed by atoms with Gasteiger partial charge in [-0.3, -0.25) is 9.20 Å². The maximum atomic E-state index is 13.5. The van der Waals surface area contributed by atoms with Gasteiger partial charge in [0.1, 0.15) is 11.5 Å². The highest BCUT2D eigenvalue weighted by Crippen LogP contribution is 2.28. The summed E-state index contributed by atoms with van der Waals surface area (Å²) >= 11 is 0. The molecule has 1 aliphatic rings. The summed E-state index contributed by atoms with van der Waals surface area (Å²) in [6, 6.07) is 10.4. The number of hydrogen-bond donors (Lipinski definition) is 2. The second-order valence-corrected chi connectivity index (χ2v) is 9.53. The molecule has 192 valence electrons. The van der Waals surface area contributed by atoms with Crippen molar-refractivity contribution in [3.8, 4) is 0 Å². The first-order valence-corrected chi connectivity index (χ1v) is 12.3. The summed E-state index contributed by atoms with van der Waals surface area (Å²) in [6.45, 7) is 10.4. The number of carboxylic acid groups (broad SMARTS) is 1. The summed E-state index contributed by atoms with van der Waals surface area (Å²) < 4.78 is 7.01. The zero-order valence-electron chi connectivity index (χ0n) is 21.4. The van der Waals surface area contributed by atoms with Crippen LogP contribution >= 0.6 is 0 Å². The van der Waals surface area contributed by atoms with Crippen LogP contribution in [0.25, 0.3) is 5.65 Å². The second-order valence-electron chi connectivity index (χ2n) is 9.53. The van der Waals surface area contributed by atoms with E-state index in [-0.39, 0.29) is 17.2 Å². The van der Waals surface area contributed by atoms with Crippen molar-refractivity contribution in [2.75, 3.05) is 41.3 Å². The Balaban J connectivity index is 1.50. The largest absolute Gasteiger partial charge is 0.478 e. The number of fused-ring (bicyclic) bond motifs is 1. The summed E-state index contributed by atoms with van der Waals surface area (Å²) in [4.78, 5) is 34.5. The van der Waals surface area contributed by atoms with Gasteiger partial charge in [-0.25, -0.2) is 9.78 Å². The van der Waals surface area contributed by atoms with Gasteiger partial charge in [0, 0.05) is 49.7 Å². The molecule has 10 heteroatoms. The van der Waals surface area contributed by atoms with Crippen molar-refractivity contribution in [2.24, 2.45) is 0 Å². The van der Waals surface area contributed by atoms with Gasteiger partial charge in [0.2, 0.25) is 5.88 Å². The van der Waals surface area contributed by atoms with Gasteiger partial charge in [0.05, 0.1) is 22.9 Å². The van der Waals surface area contributed by atoms with Crippen molar-refractivity contribution in [2.45, 2.75) is 33.7 Å². The number of benzene rings is 1. The standard InChI is InChI=1S/C27H30N6O4/c1-16-13-21(19(4)28-22-8-6-5-7-20(22)27(35)36)25-29-24(18(3)26(34)33(25)15-16)32-11-9-31(10-12-32)23-14-17(2)30-37-23/h5-8,13-15,19,28H,9-12H2,1-4H3,(H,35,36). The van der Waals surface area contributed by atoms with Crippen LogP contribution in [0, 0.1) is 20.8 Å². The number of carboxylic acids is 1. The molecule has 0 aliphatic carbocycles. The molecule has 1 unspecified atom stereocenters. The molecule has 4 heterocycles. The topological polar surface area (TPSA) is 116 Å². The van der Waals surface area contributed by atoms with Crippen molar-refractivity contribution in [1.82, 2.24) is 14.5 Å². The lowest BCUT2D eigenvalue weighted by Crippen LogP contribution is -2.47. The van der Waals surface area contributed by atoms with Crippen LogP contribution in [0.3, 0.4) is 0 Å². The van der Waals surface area contributed by atoms with E-state index < -0.39 is 5.97 Å². The van der Waals surface area contributed by atoms with Crippen LogP contribution in [0.2, 0.25) is 0 Å². The average Bonchev–Trinajstić information content (AvgIpc) is 3.32. The minimum Gasteiger partial charge on any atom is -0.478 e. The van der Waals surface area contributed by atoms with Gasteiger partial charge in [-0.15, -0.1) is 0 Å². The Labute approximate surface area is 214 Å². The average molecular weight is 503 g/mol. The molecule has 3 aromatic heterocycles. The minimum absolute atomic E-state index is 0.114. The van der Waals surface area contributed by atoms with E-state index in [0.717, 1.165) is 35.8 Å². The first-order valence-electron chi connectivity index (χ1n) is 12.3. The summed E-state index contributed by atoms with van der Waals surface area (Å²) in [5.41, 5.74) is 4.30. The third-order valence-corrected chi connectivity index (χ3v) is 6.79. The molecule has 1 fully saturated rings. The minimum atomic E-state index is -1.00. The lowest BCUT2D eigenvalue weighted by atomic mass is 10.1. The Morgan fingerprint density at radius 1 is 1.08 bits per heavy atom. The molecule has 0 amide bonds. The molecule has 5 rings (SSSR count). The Bertz CT molecular complexity index is 1530. The van der Waals surface area contributed by atoms with Gasteiger partial charge in [-0.2, -0.15) is 0 Å². The molecule has 0 radical (unpaired) electrons. The van der Waals surface area contributed by atoms with Crippen molar-refractivity contribution >= 4 is 29.0 Å². The zero-order valence-corrected chi connectivity index (χ0v) is 21.4. The van der Waals surface area contributed by atoms with E-state index in [1.807, 2.05) is 39.8 Å². The van der Waals surface area contributed by atoms with Gasteiger partial charge in [0.15, 0.2) is 0 Å². The number of nitrogens with one attached hydrogen (secondary N) is 1. The number of para-hydroxylation sites is 1. The van der Waals surface area contributed by atoms with E-state index in [9.17, 15) is 14.7 Å². The fourth-order valence-corrected chi connectivity index (χ4v) is 4.86. The predicted octanol–water partition coefficient (Wildman–Crippen LogP) is 3.81. The highest BCUT2D eigenvalue weighted by molar-refractivity contribution is 5.94. The van der Waals surface area contributed by atoms with Crippen LogP contribution in [0.4, 0.5) is 17.4 Å². The number of piperazine rings is 1. The molecule has 0 saturated carbocycles. The molecule has 1 saturated heterocycles. The van der Waals surface area contributed by atoms with Crippen LogP contribution in [0.1, 0.15) is 45.7 Å². The van der Waals surface area contributed by atoms with Crippen molar-refractivity contribution in [3.05, 3.63) is 80.9 Å². The second kappa shape index (κ2) is 9.61. The van der Waals surface area contributed by atoms with Crippen LogP contribution in [0.5, 0.6) is 0 Å². The maximum Gasteiger partial charge on any atom is 0.337 e. The van der Waals surface area contributed by atoms with Crippen molar-refractivity contribution in [3.63, 3.8) is 0 Å².